The van der Waals surface area contributed by atoms with Crippen LogP contribution in [0.25, 0.3) is 5.69 Å². The quantitative estimate of drug-likeness (QED) is 0.321. The molecule has 3 rings (SSSR count). The molecule has 1 aliphatic rings. The molecule has 0 saturated heterocycles. The van der Waals surface area contributed by atoms with Gasteiger partial charge in [0.15, 0.2) is 5.96 Å². The summed E-state index contributed by atoms with van der Waals surface area (Å²) in [7, 11) is 3.75. The van der Waals surface area contributed by atoms with Crippen LogP contribution in [-0.2, 0) is 16.1 Å². The normalized spacial score (nSPS) is 14.8. The Labute approximate surface area is 172 Å². The number of hydrogen-bond acceptors (Lipinski definition) is 4. The molecule has 1 heterocycles. The molecule has 0 amide bonds. The summed E-state index contributed by atoms with van der Waals surface area (Å²) in [6, 6.07) is 10.0. The average molecular weight is 398 g/mol. The molecule has 0 aliphatic heterocycles. The van der Waals surface area contributed by atoms with E-state index in [1.165, 1.54) is 12.8 Å². The summed E-state index contributed by atoms with van der Waals surface area (Å²) in [5.74, 6) is 0.706. The Kier molecular flexibility index (Phi) is 7.67. The topological polar surface area (TPSA) is 71.8 Å². The third kappa shape index (κ3) is 6.34. The molecule has 29 heavy (non-hydrogen) atoms. The number of ether oxygens (including phenoxy) is 1. The molecule has 1 aliphatic carbocycles. The van der Waals surface area contributed by atoms with Gasteiger partial charge in [-0.15, -0.1) is 0 Å². The van der Waals surface area contributed by atoms with Crippen LogP contribution in [0.15, 0.2) is 47.7 Å². The van der Waals surface area contributed by atoms with Gasteiger partial charge in [-0.25, -0.2) is 4.68 Å². The van der Waals surface area contributed by atoms with E-state index < -0.39 is 0 Å². The second-order valence-electron chi connectivity index (χ2n) is 7.46. The lowest BCUT2D eigenvalue weighted by molar-refractivity contribution is -0.148. The van der Waals surface area contributed by atoms with Gasteiger partial charge in [0.25, 0.3) is 0 Å². The molecule has 2 aromatic rings. The maximum Gasteiger partial charge on any atom is 0.306 e. The van der Waals surface area contributed by atoms with Crippen LogP contribution in [0, 0.1) is 0 Å². The van der Waals surface area contributed by atoms with Crippen molar-refractivity contribution < 1.29 is 9.53 Å². The van der Waals surface area contributed by atoms with E-state index in [4.69, 9.17) is 4.74 Å². The van der Waals surface area contributed by atoms with Gasteiger partial charge in [-0.2, -0.15) is 5.10 Å². The van der Waals surface area contributed by atoms with Crippen molar-refractivity contribution in [3.8, 4) is 5.69 Å². The number of para-hydroxylation sites is 1. The van der Waals surface area contributed by atoms with E-state index in [-0.39, 0.29) is 12.1 Å². The fraction of sp³-hybridized carbons (Fsp3) is 0.500. The molecule has 0 radical (unpaired) electrons. The number of carbonyl (C=O) groups excluding carboxylic acids is 1. The van der Waals surface area contributed by atoms with Crippen LogP contribution in [0.4, 0.5) is 0 Å². The molecule has 7 nitrogen and oxygen atoms in total. The van der Waals surface area contributed by atoms with Crippen molar-refractivity contribution >= 4 is 11.9 Å². The molecule has 0 spiro atoms. The standard InChI is InChI=1S/C22H31N5O2/c1-23-22(24-14-8-13-21(28)29-20-11-6-7-12-20)26(2)16-18-15-25-27(17-18)19-9-4-3-5-10-19/h3-5,9-10,15,17,20H,6-8,11-14,16H2,1-2H3,(H,23,24). The van der Waals surface area contributed by atoms with Crippen LogP contribution in [0.3, 0.4) is 0 Å². The Balaban J connectivity index is 1.40. The lowest BCUT2D eigenvalue weighted by Crippen LogP contribution is -2.39. The van der Waals surface area contributed by atoms with Crippen molar-refractivity contribution in [2.75, 3.05) is 20.6 Å². The van der Waals surface area contributed by atoms with E-state index in [0.29, 0.717) is 19.5 Å². The minimum atomic E-state index is -0.0876. The first-order valence-electron chi connectivity index (χ1n) is 10.4. The zero-order valence-electron chi connectivity index (χ0n) is 17.4. The van der Waals surface area contributed by atoms with Gasteiger partial charge in [-0.3, -0.25) is 9.79 Å². The summed E-state index contributed by atoms with van der Waals surface area (Å²) in [6.45, 7) is 1.37. The first-order valence-corrected chi connectivity index (χ1v) is 10.4. The number of carbonyl (C=O) groups is 1. The van der Waals surface area contributed by atoms with Gasteiger partial charge >= 0.3 is 5.97 Å². The lowest BCUT2D eigenvalue weighted by atomic mass is 10.3. The maximum absolute atomic E-state index is 11.9. The number of guanidine groups is 1. The number of nitrogens with zero attached hydrogens (tertiary/aromatic N) is 4. The van der Waals surface area contributed by atoms with Crippen LogP contribution in [0.5, 0.6) is 0 Å². The number of aliphatic imine (C=N–C) groups is 1. The zero-order valence-corrected chi connectivity index (χ0v) is 17.4. The average Bonchev–Trinajstić information content (AvgIpc) is 3.41. The number of nitrogens with one attached hydrogen (secondary N) is 1. The van der Waals surface area contributed by atoms with Gasteiger partial charge in [-0.05, 0) is 44.2 Å². The van der Waals surface area contributed by atoms with Gasteiger partial charge in [0.05, 0.1) is 11.9 Å². The van der Waals surface area contributed by atoms with E-state index in [2.05, 4.69) is 15.4 Å². The molecule has 7 heteroatoms. The molecule has 0 atom stereocenters. The summed E-state index contributed by atoms with van der Waals surface area (Å²) in [6.07, 6.45) is 9.58. The molecular weight excluding hydrogens is 366 g/mol. The molecule has 1 saturated carbocycles. The third-order valence-electron chi connectivity index (χ3n) is 5.09. The molecule has 1 aromatic heterocycles. The van der Waals surface area contributed by atoms with Crippen LogP contribution in [0.2, 0.25) is 0 Å². The number of esters is 1. The van der Waals surface area contributed by atoms with Crippen molar-refractivity contribution in [3.05, 3.63) is 48.3 Å². The van der Waals surface area contributed by atoms with E-state index >= 15 is 0 Å². The van der Waals surface area contributed by atoms with E-state index in [0.717, 1.165) is 36.5 Å². The summed E-state index contributed by atoms with van der Waals surface area (Å²) in [4.78, 5) is 18.3. The highest BCUT2D eigenvalue weighted by molar-refractivity contribution is 5.79. The lowest BCUT2D eigenvalue weighted by Gasteiger charge is -2.21. The fourth-order valence-electron chi connectivity index (χ4n) is 3.58. The molecule has 0 bridgehead atoms. The van der Waals surface area contributed by atoms with Crippen LogP contribution < -0.4 is 5.32 Å². The Bertz CT molecular complexity index is 797. The van der Waals surface area contributed by atoms with Gasteiger partial charge in [0.2, 0.25) is 0 Å². The van der Waals surface area contributed by atoms with Gasteiger partial charge < -0.3 is 15.0 Å². The van der Waals surface area contributed by atoms with Gasteiger partial charge in [0.1, 0.15) is 6.10 Å². The summed E-state index contributed by atoms with van der Waals surface area (Å²) in [5.41, 5.74) is 2.13. The molecule has 0 unspecified atom stereocenters. The van der Waals surface area contributed by atoms with Gasteiger partial charge in [0, 0.05) is 45.4 Å². The van der Waals surface area contributed by atoms with E-state index in [1.807, 2.05) is 59.4 Å². The van der Waals surface area contributed by atoms with Gasteiger partial charge in [-0.1, -0.05) is 18.2 Å². The van der Waals surface area contributed by atoms with Crippen molar-refractivity contribution in [2.45, 2.75) is 51.2 Å². The van der Waals surface area contributed by atoms with Crippen LogP contribution in [-0.4, -0.2) is 53.4 Å². The van der Waals surface area contributed by atoms with Crippen molar-refractivity contribution in [3.63, 3.8) is 0 Å². The molecular formula is C22H31N5O2. The van der Waals surface area contributed by atoms with Crippen molar-refractivity contribution in [1.29, 1.82) is 0 Å². The van der Waals surface area contributed by atoms with Crippen molar-refractivity contribution in [1.82, 2.24) is 20.0 Å². The Morgan fingerprint density at radius 3 is 2.79 bits per heavy atom. The maximum atomic E-state index is 11.9. The molecule has 1 N–H and O–H groups in total. The summed E-state index contributed by atoms with van der Waals surface area (Å²) in [5, 5.41) is 7.76. The highest BCUT2D eigenvalue weighted by atomic mass is 16.5. The van der Waals surface area contributed by atoms with E-state index in [1.54, 1.807) is 7.05 Å². The Hall–Kier alpha value is -2.83. The number of rotatable bonds is 8. The second-order valence-corrected chi connectivity index (χ2v) is 7.46. The third-order valence-corrected chi connectivity index (χ3v) is 5.09. The highest BCUT2D eigenvalue weighted by Crippen LogP contribution is 2.21. The zero-order chi connectivity index (χ0) is 20.5. The Morgan fingerprint density at radius 2 is 2.07 bits per heavy atom. The number of benzene rings is 1. The molecule has 156 valence electrons. The first-order chi connectivity index (χ1) is 14.2. The smallest absolute Gasteiger partial charge is 0.306 e. The first kappa shape index (κ1) is 20.9. The summed E-state index contributed by atoms with van der Waals surface area (Å²) < 4.78 is 7.36. The predicted molar refractivity (Wildman–Crippen MR) is 114 cm³/mol. The van der Waals surface area contributed by atoms with Crippen LogP contribution in [0.1, 0.15) is 44.1 Å². The highest BCUT2D eigenvalue weighted by Gasteiger charge is 2.18. The largest absolute Gasteiger partial charge is 0.462 e. The fourth-order valence-corrected chi connectivity index (χ4v) is 3.58. The Morgan fingerprint density at radius 1 is 1.31 bits per heavy atom. The minimum absolute atomic E-state index is 0.0876. The number of aromatic nitrogens is 2. The van der Waals surface area contributed by atoms with Crippen molar-refractivity contribution in [2.24, 2.45) is 4.99 Å². The molecule has 1 fully saturated rings. The summed E-state index contributed by atoms with van der Waals surface area (Å²) >= 11 is 0. The SMILES string of the molecule is CN=C(NCCCC(=O)OC1CCCC1)N(C)Cc1cnn(-c2ccccc2)c1. The minimum Gasteiger partial charge on any atom is -0.462 e. The number of hydrogen-bond donors (Lipinski definition) is 1. The van der Waals surface area contributed by atoms with Crippen LogP contribution >= 0.6 is 0 Å². The predicted octanol–water partition coefficient (Wildman–Crippen LogP) is 3.15. The second kappa shape index (κ2) is 10.6. The van der Waals surface area contributed by atoms with E-state index in [9.17, 15) is 4.79 Å². The monoisotopic (exact) mass is 397 g/mol. The molecule has 1 aromatic carbocycles.